The first-order chi connectivity index (χ1) is 5.42. The van der Waals surface area contributed by atoms with Crippen LogP contribution in [0.5, 0.6) is 0 Å². The van der Waals surface area contributed by atoms with Gasteiger partial charge in [0.1, 0.15) is 0 Å². The average molecular weight is 170 g/mol. The van der Waals surface area contributed by atoms with Crippen molar-refractivity contribution in [1.82, 2.24) is 0 Å². The SMILES string of the molecule is C=C(C)[C@@H](C)[C@@H]1COC(C)(C)O1. The van der Waals surface area contributed by atoms with Crippen LogP contribution in [0, 0.1) is 5.92 Å². The van der Waals surface area contributed by atoms with Gasteiger partial charge in [-0.1, -0.05) is 19.1 Å². The van der Waals surface area contributed by atoms with E-state index in [0.717, 1.165) is 5.57 Å². The average Bonchev–Trinajstić information content (AvgIpc) is 2.28. The summed E-state index contributed by atoms with van der Waals surface area (Å²) >= 11 is 0. The Kier molecular flexibility index (Phi) is 2.59. The lowest BCUT2D eigenvalue weighted by atomic mass is 9.98. The maximum absolute atomic E-state index is 5.69. The van der Waals surface area contributed by atoms with Gasteiger partial charge >= 0.3 is 0 Å². The third-order valence-corrected chi connectivity index (χ3v) is 2.37. The van der Waals surface area contributed by atoms with E-state index in [1.807, 2.05) is 20.8 Å². The molecule has 12 heavy (non-hydrogen) atoms. The van der Waals surface area contributed by atoms with Crippen LogP contribution in [0.4, 0.5) is 0 Å². The number of hydrogen-bond acceptors (Lipinski definition) is 2. The molecule has 70 valence electrons. The van der Waals surface area contributed by atoms with Crippen molar-refractivity contribution in [2.75, 3.05) is 6.61 Å². The summed E-state index contributed by atoms with van der Waals surface area (Å²) in [6.45, 7) is 12.6. The molecule has 0 aliphatic carbocycles. The van der Waals surface area contributed by atoms with Gasteiger partial charge in [0.25, 0.3) is 0 Å². The summed E-state index contributed by atoms with van der Waals surface area (Å²) in [4.78, 5) is 0. The van der Waals surface area contributed by atoms with Crippen molar-refractivity contribution in [2.45, 2.75) is 39.6 Å². The van der Waals surface area contributed by atoms with Gasteiger partial charge in [0, 0.05) is 5.92 Å². The molecule has 1 fully saturated rings. The van der Waals surface area contributed by atoms with Crippen LogP contribution in [0.15, 0.2) is 12.2 Å². The summed E-state index contributed by atoms with van der Waals surface area (Å²) in [6.07, 6.45) is 0.178. The molecule has 0 radical (unpaired) electrons. The molecule has 0 bridgehead atoms. The molecule has 0 aromatic rings. The second kappa shape index (κ2) is 3.19. The molecular weight excluding hydrogens is 152 g/mol. The zero-order valence-corrected chi connectivity index (χ0v) is 8.39. The van der Waals surface area contributed by atoms with Crippen LogP contribution in [-0.2, 0) is 9.47 Å². The largest absolute Gasteiger partial charge is 0.348 e. The standard InChI is InChI=1S/C10H18O2/c1-7(2)8(3)9-6-11-10(4,5)12-9/h8-9H,1,6H2,2-5H3/t8-,9+/m1/s1. The van der Waals surface area contributed by atoms with Gasteiger partial charge in [-0.3, -0.25) is 0 Å². The van der Waals surface area contributed by atoms with Crippen molar-refractivity contribution in [1.29, 1.82) is 0 Å². The highest BCUT2D eigenvalue weighted by molar-refractivity contribution is 4.99. The number of hydrogen-bond donors (Lipinski definition) is 0. The monoisotopic (exact) mass is 170 g/mol. The predicted octanol–water partition coefficient (Wildman–Crippen LogP) is 2.35. The van der Waals surface area contributed by atoms with Crippen LogP contribution in [0.3, 0.4) is 0 Å². The van der Waals surface area contributed by atoms with Gasteiger partial charge in [-0.2, -0.15) is 0 Å². The summed E-state index contributed by atoms with van der Waals surface area (Å²) in [5.41, 5.74) is 1.15. The minimum Gasteiger partial charge on any atom is -0.348 e. The second-order valence-corrected chi connectivity index (χ2v) is 4.00. The maximum atomic E-state index is 5.69. The van der Waals surface area contributed by atoms with Gasteiger partial charge in [-0.25, -0.2) is 0 Å². The molecular formula is C10H18O2. The van der Waals surface area contributed by atoms with E-state index in [0.29, 0.717) is 12.5 Å². The van der Waals surface area contributed by atoms with Gasteiger partial charge in [-0.05, 0) is 20.8 Å². The van der Waals surface area contributed by atoms with E-state index in [4.69, 9.17) is 9.47 Å². The highest BCUT2D eigenvalue weighted by atomic mass is 16.7. The Labute approximate surface area is 74.6 Å². The summed E-state index contributed by atoms with van der Waals surface area (Å²) < 4.78 is 11.1. The minimum atomic E-state index is -0.408. The Morgan fingerprint density at radius 2 is 2.17 bits per heavy atom. The smallest absolute Gasteiger partial charge is 0.163 e. The first-order valence-corrected chi connectivity index (χ1v) is 4.39. The molecule has 0 unspecified atom stereocenters. The number of rotatable bonds is 2. The molecule has 2 heteroatoms. The van der Waals surface area contributed by atoms with Crippen molar-refractivity contribution in [3.05, 3.63) is 12.2 Å². The van der Waals surface area contributed by atoms with E-state index in [1.54, 1.807) is 0 Å². The predicted molar refractivity (Wildman–Crippen MR) is 48.9 cm³/mol. The molecule has 0 aromatic carbocycles. The zero-order chi connectivity index (χ0) is 9.35. The lowest BCUT2D eigenvalue weighted by Gasteiger charge is -2.21. The lowest BCUT2D eigenvalue weighted by Crippen LogP contribution is -2.25. The van der Waals surface area contributed by atoms with Crippen molar-refractivity contribution >= 4 is 0 Å². The molecule has 0 aromatic heterocycles. The Hall–Kier alpha value is -0.340. The first kappa shape index (κ1) is 9.75. The van der Waals surface area contributed by atoms with Crippen LogP contribution in [0.1, 0.15) is 27.7 Å². The molecule has 0 saturated carbocycles. The van der Waals surface area contributed by atoms with E-state index < -0.39 is 5.79 Å². The normalized spacial score (nSPS) is 30.2. The molecule has 1 rings (SSSR count). The van der Waals surface area contributed by atoms with Gasteiger partial charge in [-0.15, -0.1) is 0 Å². The van der Waals surface area contributed by atoms with E-state index >= 15 is 0 Å². The molecule has 1 aliphatic heterocycles. The Morgan fingerprint density at radius 1 is 1.58 bits per heavy atom. The van der Waals surface area contributed by atoms with Crippen LogP contribution >= 0.6 is 0 Å². The third kappa shape index (κ3) is 2.08. The fraction of sp³-hybridized carbons (Fsp3) is 0.800. The van der Waals surface area contributed by atoms with Crippen LogP contribution in [0.25, 0.3) is 0 Å². The topological polar surface area (TPSA) is 18.5 Å². The Morgan fingerprint density at radius 3 is 2.50 bits per heavy atom. The molecule has 2 atom stereocenters. The quantitative estimate of drug-likeness (QED) is 0.592. The highest BCUT2D eigenvalue weighted by Gasteiger charge is 2.35. The lowest BCUT2D eigenvalue weighted by molar-refractivity contribution is -0.142. The summed E-state index contributed by atoms with van der Waals surface area (Å²) in [5, 5.41) is 0. The van der Waals surface area contributed by atoms with E-state index in [9.17, 15) is 0 Å². The summed E-state index contributed by atoms with van der Waals surface area (Å²) in [7, 11) is 0. The fourth-order valence-electron chi connectivity index (χ4n) is 1.28. The van der Waals surface area contributed by atoms with Gasteiger partial charge in [0.2, 0.25) is 0 Å². The van der Waals surface area contributed by atoms with Crippen molar-refractivity contribution in [3.63, 3.8) is 0 Å². The van der Waals surface area contributed by atoms with Gasteiger partial charge in [0.15, 0.2) is 5.79 Å². The highest BCUT2D eigenvalue weighted by Crippen LogP contribution is 2.28. The summed E-state index contributed by atoms with van der Waals surface area (Å²) in [5.74, 6) is -0.0271. The third-order valence-electron chi connectivity index (χ3n) is 2.37. The Bertz CT molecular complexity index is 184. The van der Waals surface area contributed by atoms with Crippen molar-refractivity contribution < 1.29 is 9.47 Å². The molecule has 1 heterocycles. The zero-order valence-electron chi connectivity index (χ0n) is 8.39. The summed E-state index contributed by atoms with van der Waals surface area (Å²) in [6, 6.07) is 0. The van der Waals surface area contributed by atoms with E-state index in [1.165, 1.54) is 0 Å². The van der Waals surface area contributed by atoms with Crippen molar-refractivity contribution in [2.24, 2.45) is 5.92 Å². The molecule has 0 spiro atoms. The number of ether oxygens (including phenoxy) is 2. The van der Waals surface area contributed by atoms with E-state index in [2.05, 4.69) is 13.5 Å². The van der Waals surface area contributed by atoms with Crippen LogP contribution in [-0.4, -0.2) is 18.5 Å². The second-order valence-electron chi connectivity index (χ2n) is 4.00. The molecule has 1 aliphatic rings. The molecule has 2 nitrogen and oxygen atoms in total. The fourth-order valence-corrected chi connectivity index (χ4v) is 1.28. The van der Waals surface area contributed by atoms with Crippen LogP contribution < -0.4 is 0 Å². The van der Waals surface area contributed by atoms with Crippen LogP contribution in [0.2, 0.25) is 0 Å². The van der Waals surface area contributed by atoms with Gasteiger partial charge < -0.3 is 9.47 Å². The minimum absolute atomic E-state index is 0.178. The first-order valence-electron chi connectivity index (χ1n) is 4.39. The van der Waals surface area contributed by atoms with Crippen molar-refractivity contribution in [3.8, 4) is 0 Å². The molecule has 1 saturated heterocycles. The Balaban J connectivity index is 2.52. The molecule has 0 N–H and O–H groups in total. The molecule has 0 amide bonds. The van der Waals surface area contributed by atoms with Gasteiger partial charge in [0.05, 0.1) is 12.7 Å². The maximum Gasteiger partial charge on any atom is 0.163 e. The van der Waals surface area contributed by atoms with E-state index in [-0.39, 0.29) is 6.10 Å².